The fourth-order valence-corrected chi connectivity index (χ4v) is 6.38. The number of nitrogens with one attached hydrogen (secondary N) is 3. The van der Waals surface area contributed by atoms with Gasteiger partial charge in [-0.3, -0.25) is 19.7 Å². The van der Waals surface area contributed by atoms with Crippen molar-refractivity contribution in [2.45, 2.75) is 77.3 Å². The predicted octanol–water partition coefficient (Wildman–Crippen LogP) is 1.79. The van der Waals surface area contributed by atoms with Crippen LogP contribution in [-0.4, -0.2) is 53.8 Å². The first kappa shape index (κ1) is 22.1. The van der Waals surface area contributed by atoms with E-state index in [1.54, 1.807) is 4.90 Å². The van der Waals surface area contributed by atoms with Crippen molar-refractivity contribution in [2.75, 3.05) is 13.1 Å². The Hall–Kier alpha value is -2.12. The van der Waals surface area contributed by atoms with E-state index < -0.39 is 6.04 Å². The highest BCUT2D eigenvalue weighted by atomic mass is 16.2. The van der Waals surface area contributed by atoms with Crippen LogP contribution < -0.4 is 16.0 Å². The summed E-state index contributed by atoms with van der Waals surface area (Å²) < 4.78 is 0. The molecule has 0 aromatic rings. The van der Waals surface area contributed by atoms with Crippen molar-refractivity contribution >= 4 is 23.8 Å². The van der Waals surface area contributed by atoms with E-state index in [0.29, 0.717) is 31.3 Å². The van der Waals surface area contributed by atoms with Gasteiger partial charge in [0.1, 0.15) is 6.04 Å². The molecule has 2 aliphatic carbocycles. The van der Waals surface area contributed by atoms with E-state index in [0.717, 1.165) is 32.1 Å². The maximum absolute atomic E-state index is 13.0. The standard InChI is InChI=1S/C23H36N4O4/c1-13-7-14(2)9-17(8-13)25-23(31)24-11-15-3-4-16-12-27(22(30)18(16)10-15)19-5-6-20(28)26-21(19)29/h13-19H,3-12H2,1-2H3,(H2,24,25,31)(H,26,28,29). The lowest BCUT2D eigenvalue weighted by atomic mass is 9.75. The number of nitrogens with zero attached hydrogens (tertiary/aromatic N) is 1. The first-order valence-corrected chi connectivity index (χ1v) is 12.0. The number of urea groups is 1. The number of hydrogen-bond donors (Lipinski definition) is 3. The van der Waals surface area contributed by atoms with Crippen LogP contribution in [0.3, 0.4) is 0 Å². The molecule has 6 unspecified atom stereocenters. The topological polar surface area (TPSA) is 108 Å². The molecule has 6 atom stereocenters. The molecular weight excluding hydrogens is 396 g/mol. The van der Waals surface area contributed by atoms with E-state index in [1.165, 1.54) is 6.42 Å². The lowest BCUT2D eigenvalue weighted by Crippen LogP contribution is -2.53. The first-order valence-electron chi connectivity index (χ1n) is 12.0. The van der Waals surface area contributed by atoms with E-state index >= 15 is 0 Å². The van der Waals surface area contributed by atoms with Crippen LogP contribution in [0, 0.1) is 29.6 Å². The van der Waals surface area contributed by atoms with Crippen molar-refractivity contribution in [1.82, 2.24) is 20.9 Å². The van der Waals surface area contributed by atoms with Gasteiger partial charge in [0.15, 0.2) is 0 Å². The molecule has 4 fully saturated rings. The number of rotatable bonds is 4. The Kier molecular flexibility index (Phi) is 6.53. The van der Waals surface area contributed by atoms with E-state index in [9.17, 15) is 19.2 Å². The van der Waals surface area contributed by atoms with Crippen molar-refractivity contribution in [2.24, 2.45) is 29.6 Å². The molecule has 4 aliphatic rings. The lowest BCUT2D eigenvalue weighted by Gasteiger charge is -2.32. The molecule has 3 N–H and O–H groups in total. The van der Waals surface area contributed by atoms with Gasteiger partial charge in [-0.2, -0.15) is 0 Å². The third-order valence-corrected chi connectivity index (χ3v) is 7.78. The van der Waals surface area contributed by atoms with E-state index in [2.05, 4.69) is 29.8 Å². The Morgan fingerprint density at radius 3 is 2.48 bits per heavy atom. The van der Waals surface area contributed by atoms with Gasteiger partial charge in [-0.1, -0.05) is 13.8 Å². The molecule has 172 valence electrons. The summed E-state index contributed by atoms with van der Waals surface area (Å²) in [7, 11) is 0. The molecule has 2 aliphatic heterocycles. The first-order chi connectivity index (χ1) is 14.8. The van der Waals surface area contributed by atoms with Gasteiger partial charge in [-0.15, -0.1) is 0 Å². The Morgan fingerprint density at radius 1 is 1.03 bits per heavy atom. The summed E-state index contributed by atoms with van der Waals surface area (Å²) in [5.41, 5.74) is 0. The number of amides is 5. The summed E-state index contributed by atoms with van der Waals surface area (Å²) in [6.07, 6.45) is 6.68. The molecule has 8 nitrogen and oxygen atoms in total. The average Bonchev–Trinajstić information content (AvgIpc) is 3.01. The summed E-state index contributed by atoms with van der Waals surface area (Å²) in [6, 6.07) is -0.372. The summed E-state index contributed by atoms with van der Waals surface area (Å²) in [6.45, 7) is 5.68. The minimum absolute atomic E-state index is 0.0406. The molecular formula is C23H36N4O4. The number of piperidine rings is 1. The summed E-state index contributed by atoms with van der Waals surface area (Å²) in [4.78, 5) is 50.8. The van der Waals surface area contributed by atoms with Crippen molar-refractivity contribution in [3.63, 3.8) is 0 Å². The van der Waals surface area contributed by atoms with Crippen molar-refractivity contribution in [3.05, 3.63) is 0 Å². The quantitative estimate of drug-likeness (QED) is 0.589. The second kappa shape index (κ2) is 9.17. The van der Waals surface area contributed by atoms with Crippen LogP contribution in [-0.2, 0) is 14.4 Å². The van der Waals surface area contributed by atoms with Crippen LogP contribution >= 0.6 is 0 Å². The monoisotopic (exact) mass is 432 g/mol. The molecule has 0 bridgehead atoms. The zero-order valence-electron chi connectivity index (χ0n) is 18.7. The minimum Gasteiger partial charge on any atom is -0.338 e. The van der Waals surface area contributed by atoms with Gasteiger partial charge in [0, 0.05) is 31.5 Å². The Balaban J connectivity index is 1.25. The van der Waals surface area contributed by atoms with Crippen LogP contribution in [0.1, 0.15) is 65.2 Å². The van der Waals surface area contributed by atoms with Gasteiger partial charge in [0.25, 0.3) is 0 Å². The summed E-state index contributed by atoms with van der Waals surface area (Å²) in [5, 5.41) is 8.53. The highest BCUT2D eigenvalue weighted by Crippen LogP contribution is 2.41. The highest BCUT2D eigenvalue weighted by Gasteiger charge is 2.48. The van der Waals surface area contributed by atoms with Gasteiger partial charge < -0.3 is 15.5 Å². The number of hydrogen-bond acceptors (Lipinski definition) is 4. The zero-order chi connectivity index (χ0) is 22.1. The molecule has 0 aromatic heterocycles. The molecule has 2 saturated carbocycles. The van der Waals surface area contributed by atoms with Gasteiger partial charge in [0.2, 0.25) is 17.7 Å². The second-order valence-corrected chi connectivity index (χ2v) is 10.5. The lowest BCUT2D eigenvalue weighted by molar-refractivity contribution is -0.145. The Labute approximate surface area is 184 Å². The molecule has 31 heavy (non-hydrogen) atoms. The number of imide groups is 1. The maximum Gasteiger partial charge on any atom is 0.315 e. The van der Waals surface area contributed by atoms with Gasteiger partial charge in [0.05, 0.1) is 0 Å². The molecule has 5 amide bonds. The Bertz CT molecular complexity index is 731. The third kappa shape index (κ3) is 5.04. The zero-order valence-corrected chi connectivity index (χ0v) is 18.7. The predicted molar refractivity (Wildman–Crippen MR) is 115 cm³/mol. The molecule has 4 rings (SSSR count). The fraction of sp³-hybridized carbons (Fsp3) is 0.826. The number of carbonyl (C=O) groups excluding carboxylic acids is 4. The second-order valence-electron chi connectivity index (χ2n) is 10.5. The molecule has 0 radical (unpaired) electrons. The average molecular weight is 433 g/mol. The normalized spacial score (nSPS) is 38.5. The fourth-order valence-electron chi connectivity index (χ4n) is 6.38. The van der Waals surface area contributed by atoms with Crippen LogP contribution in [0.4, 0.5) is 4.79 Å². The third-order valence-electron chi connectivity index (χ3n) is 7.78. The smallest absolute Gasteiger partial charge is 0.315 e. The van der Waals surface area contributed by atoms with Crippen molar-refractivity contribution < 1.29 is 19.2 Å². The molecule has 2 heterocycles. The van der Waals surface area contributed by atoms with Crippen LogP contribution in [0.2, 0.25) is 0 Å². The van der Waals surface area contributed by atoms with Gasteiger partial charge >= 0.3 is 6.03 Å². The van der Waals surface area contributed by atoms with Crippen molar-refractivity contribution in [1.29, 1.82) is 0 Å². The van der Waals surface area contributed by atoms with E-state index in [-0.39, 0.29) is 54.0 Å². The minimum atomic E-state index is -0.515. The van der Waals surface area contributed by atoms with Crippen LogP contribution in [0.15, 0.2) is 0 Å². The molecule has 0 spiro atoms. The van der Waals surface area contributed by atoms with Gasteiger partial charge in [-0.05, 0) is 68.6 Å². The number of likely N-dealkylation sites (tertiary alicyclic amines) is 1. The maximum atomic E-state index is 13.0. The largest absolute Gasteiger partial charge is 0.338 e. The number of fused-ring (bicyclic) bond motifs is 1. The SMILES string of the molecule is CC1CC(C)CC(NC(=O)NCC2CCC3CN(C4CCC(=O)NC4=O)C(=O)C3C2)C1. The van der Waals surface area contributed by atoms with Crippen LogP contribution in [0.5, 0.6) is 0 Å². The van der Waals surface area contributed by atoms with Gasteiger partial charge in [-0.25, -0.2) is 4.79 Å². The van der Waals surface area contributed by atoms with Crippen LogP contribution in [0.25, 0.3) is 0 Å². The summed E-state index contributed by atoms with van der Waals surface area (Å²) in [5.74, 6) is 1.20. The van der Waals surface area contributed by atoms with E-state index in [4.69, 9.17) is 0 Å². The molecule has 2 saturated heterocycles. The van der Waals surface area contributed by atoms with Crippen molar-refractivity contribution in [3.8, 4) is 0 Å². The number of carbonyl (C=O) groups is 4. The van der Waals surface area contributed by atoms with E-state index in [1.807, 2.05) is 0 Å². The Morgan fingerprint density at radius 2 is 1.77 bits per heavy atom. The molecule has 0 aromatic carbocycles. The highest BCUT2D eigenvalue weighted by molar-refractivity contribution is 6.02. The molecule has 8 heteroatoms. The summed E-state index contributed by atoms with van der Waals surface area (Å²) >= 11 is 0.